The number of benzene rings is 1. The van der Waals surface area contributed by atoms with Crippen LogP contribution < -0.4 is 5.32 Å². The Balaban J connectivity index is 1.84. The molecule has 0 spiro atoms. The van der Waals surface area contributed by atoms with Crippen molar-refractivity contribution in [3.05, 3.63) is 48.6 Å². The number of rotatable bonds is 5. The van der Waals surface area contributed by atoms with Crippen molar-refractivity contribution >= 4 is 17.7 Å². The molecular formula is C18H18N4O3. The normalized spacial score (nSPS) is 16.3. The lowest BCUT2D eigenvalue weighted by molar-refractivity contribution is 0.209. The van der Waals surface area contributed by atoms with Crippen molar-refractivity contribution in [1.29, 1.82) is 0 Å². The van der Waals surface area contributed by atoms with Crippen LogP contribution in [0.25, 0.3) is 11.3 Å². The molecule has 2 N–H and O–H groups in total. The topological polar surface area (TPSA) is 95.4 Å². The van der Waals surface area contributed by atoms with E-state index >= 15 is 0 Å². The fraction of sp³-hybridized carbons (Fsp3) is 0.278. The minimum Gasteiger partial charge on any atom is -0.465 e. The summed E-state index contributed by atoms with van der Waals surface area (Å²) in [6.45, 7) is 1.60. The molecule has 1 aliphatic rings. The van der Waals surface area contributed by atoms with E-state index in [-0.39, 0.29) is 0 Å². The summed E-state index contributed by atoms with van der Waals surface area (Å²) in [5.74, 6) is 2.82. The summed E-state index contributed by atoms with van der Waals surface area (Å²) in [5, 5.41) is 11.4. The second-order valence-electron chi connectivity index (χ2n) is 5.95. The Kier molecular flexibility index (Phi) is 5.06. The number of likely N-dealkylation sites (tertiary alicyclic amines) is 1. The molecule has 1 aromatic heterocycles. The predicted molar refractivity (Wildman–Crippen MR) is 92.8 cm³/mol. The zero-order valence-corrected chi connectivity index (χ0v) is 13.6. The van der Waals surface area contributed by atoms with Gasteiger partial charge in [-0.15, -0.1) is 0 Å². The highest BCUT2D eigenvalue weighted by Gasteiger charge is 2.22. The zero-order chi connectivity index (χ0) is 17.6. The maximum absolute atomic E-state index is 11.0. The molecule has 2 aromatic rings. The summed E-state index contributed by atoms with van der Waals surface area (Å²) in [6, 6.07) is 9.41. The van der Waals surface area contributed by atoms with Crippen LogP contribution in [0.2, 0.25) is 0 Å². The number of carboxylic acid groups (broad SMARTS) is 1. The van der Waals surface area contributed by atoms with Gasteiger partial charge in [0.15, 0.2) is 0 Å². The maximum atomic E-state index is 11.0. The number of nitrogens with zero attached hydrogens (tertiary/aromatic N) is 3. The van der Waals surface area contributed by atoms with Crippen LogP contribution in [0.15, 0.2) is 42.7 Å². The molecule has 0 bridgehead atoms. The second kappa shape index (κ2) is 7.59. The Morgan fingerprint density at radius 1 is 1.40 bits per heavy atom. The number of carbonyl (C=O) groups is 1. The summed E-state index contributed by atoms with van der Waals surface area (Å²) in [7, 11) is 0. The lowest BCUT2D eigenvalue weighted by atomic mass is 10.0. The van der Waals surface area contributed by atoms with Gasteiger partial charge in [-0.3, -0.25) is 5.32 Å². The third-order valence-electron chi connectivity index (χ3n) is 4.15. The predicted octanol–water partition coefficient (Wildman–Crippen LogP) is 2.44. The van der Waals surface area contributed by atoms with Gasteiger partial charge in [-0.1, -0.05) is 30.3 Å². The molecule has 1 fully saturated rings. The van der Waals surface area contributed by atoms with Crippen LogP contribution >= 0.6 is 0 Å². The Labute approximate surface area is 145 Å². The molecule has 1 amide bonds. The number of nitrogens with one attached hydrogen (secondary N) is 1. The van der Waals surface area contributed by atoms with E-state index in [0.717, 1.165) is 25.1 Å². The van der Waals surface area contributed by atoms with Crippen LogP contribution in [0, 0.1) is 5.92 Å². The third kappa shape index (κ3) is 4.22. The summed E-state index contributed by atoms with van der Waals surface area (Å²) in [6.07, 6.45) is 3.43. The van der Waals surface area contributed by atoms with Crippen LogP contribution in [-0.2, 0) is 11.2 Å². The Morgan fingerprint density at radius 3 is 2.92 bits per heavy atom. The fourth-order valence-electron chi connectivity index (χ4n) is 3.02. The molecule has 1 unspecified atom stereocenters. The number of carbonyl (C=O) groups excluding carboxylic acids is 1. The monoisotopic (exact) mass is 338 g/mol. The first-order valence-corrected chi connectivity index (χ1v) is 8.02. The molecule has 128 valence electrons. The van der Waals surface area contributed by atoms with E-state index < -0.39 is 6.09 Å². The third-order valence-corrected chi connectivity index (χ3v) is 4.15. The number of aromatic nitrogens is 2. The number of anilines is 1. The van der Waals surface area contributed by atoms with Gasteiger partial charge in [0.25, 0.3) is 0 Å². The average Bonchev–Trinajstić information content (AvgIpc) is 3.04. The summed E-state index contributed by atoms with van der Waals surface area (Å²) in [5.41, 5.74) is 1.75. The van der Waals surface area contributed by atoms with E-state index in [9.17, 15) is 9.59 Å². The van der Waals surface area contributed by atoms with Crippen molar-refractivity contribution in [3.63, 3.8) is 0 Å². The minimum atomic E-state index is -1.15. The summed E-state index contributed by atoms with van der Waals surface area (Å²) >= 11 is 0. The molecule has 0 aliphatic carbocycles. The van der Waals surface area contributed by atoms with Crippen molar-refractivity contribution in [1.82, 2.24) is 14.9 Å². The van der Waals surface area contributed by atoms with Gasteiger partial charge in [-0.05, 0) is 12.3 Å². The van der Waals surface area contributed by atoms with Crippen molar-refractivity contribution in [2.75, 3.05) is 18.4 Å². The van der Waals surface area contributed by atoms with Crippen LogP contribution in [0.1, 0.15) is 12.2 Å². The molecular weight excluding hydrogens is 320 g/mol. The van der Waals surface area contributed by atoms with E-state index in [0.29, 0.717) is 29.5 Å². The quantitative estimate of drug-likeness (QED) is 0.813. The van der Waals surface area contributed by atoms with Gasteiger partial charge in [0, 0.05) is 25.1 Å². The highest BCUT2D eigenvalue weighted by molar-refractivity contribution is 5.88. The van der Waals surface area contributed by atoms with E-state index in [1.807, 2.05) is 35.2 Å². The minimum absolute atomic E-state index is 0.353. The molecule has 2 heterocycles. The molecule has 1 atom stereocenters. The fourth-order valence-corrected chi connectivity index (χ4v) is 3.02. The van der Waals surface area contributed by atoms with Crippen molar-refractivity contribution in [2.24, 2.45) is 5.92 Å². The first kappa shape index (κ1) is 16.7. The molecule has 7 heteroatoms. The Hall–Kier alpha value is -3.18. The largest absolute Gasteiger partial charge is 0.465 e. The number of hydrogen-bond donors (Lipinski definition) is 2. The van der Waals surface area contributed by atoms with E-state index in [1.165, 1.54) is 12.4 Å². The van der Waals surface area contributed by atoms with E-state index in [2.05, 4.69) is 15.3 Å². The lowest BCUT2D eigenvalue weighted by Gasteiger charge is -2.13. The second-order valence-corrected chi connectivity index (χ2v) is 5.95. The molecule has 1 aromatic carbocycles. The molecule has 0 radical (unpaired) electrons. The Bertz CT molecular complexity index is 803. The van der Waals surface area contributed by atoms with Crippen molar-refractivity contribution in [3.8, 4) is 11.3 Å². The van der Waals surface area contributed by atoms with Gasteiger partial charge in [0.05, 0.1) is 23.8 Å². The number of hydrogen-bond acceptors (Lipinski definition) is 5. The van der Waals surface area contributed by atoms with E-state index in [4.69, 9.17) is 5.11 Å². The van der Waals surface area contributed by atoms with Gasteiger partial charge in [-0.2, -0.15) is 0 Å². The van der Waals surface area contributed by atoms with E-state index in [1.54, 1.807) is 5.94 Å². The molecule has 3 rings (SSSR count). The zero-order valence-electron chi connectivity index (χ0n) is 13.6. The van der Waals surface area contributed by atoms with Crippen molar-refractivity contribution in [2.45, 2.75) is 12.8 Å². The summed E-state index contributed by atoms with van der Waals surface area (Å²) in [4.78, 5) is 32.3. The Morgan fingerprint density at radius 2 is 2.20 bits per heavy atom. The SMILES string of the molecule is O=C=CN1CCC(Cc2ncc(NC(=O)O)c(-c3ccccc3)n2)C1. The first-order valence-electron chi connectivity index (χ1n) is 8.02. The molecule has 0 saturated carbocycles. The average molecular weight is 338 g/mol. The molecule has 7 nitrogen and oxygen atoms in total. The van der Waals surface area contributed by atoms with Crippen LogP contribution in [-0.4, -0.2) is 45.1 Å². The van der Waals surface area contributed by atoms with Crippen molar-refractivity contribution < 1.29 is 14.7 Å². The van der Waals surface area contributed by atoms with Gasteiger partial charge in [0.2, 0.25) is 0 Å². The van der Waals surface area contributed by atoms with Gasteiger partial charge < -0.3 is 10.0 Å². The maximum Gasteiger partial charge on any atom is 0.409 e. The van der Waals surface area contributed by atoms with Crippen LogP contribution in [0.4, 0.5) is 10.5 Å². The van der Waals surface area contributed by atoms with Gasteiger partial charge in [-0.25, -0.2) is 19.6 Å². The standard InChI is InChI=1S/C18H18N4O3/c23-9-8-22-7-6-13(12-22)10-16-19-11-15(20-18(24)25)17(21-16)14-4-2-1-3-5-14/h1-5,8,11,13,20H,6-7,10,12H2,(H,24,25). The smallest absolute Gasteiger partial charge is 0.409 e. The summed E-state index contributed by atoms with van der Waals surface area (Å²) < 4.78 is 0. The van der Waals surface area contributed by atoms with Crippen LogP contribution in [0.3, 0.4) is 0 Å². The van der Waals surface area contributed by atoms with Crippen LogP contribution in [0.5, 0.6) is 0 Å². The molecule has 1 aliphatic heterocycles. The molecule has 25 heavy (non-hydrogen) atoms. The lowest BCUT2D eigenvalue weighted by Crippen LogP contribution is -2.16. The molecule has 1 saturated heterocycles. The highest BCUT2D eigenvalue weighted by Crippen LogP contribution is 2.27. The first-order chi connectivity index (χ1) is 12.2. The van der Waals surface area contributed by atoms with Gasteiger partial charge in [0.1, 0.15) is 11.8 Å². The number of amides is 1. The van der Waals surface area contributed by atoms with Gasteiger partial charge >= 0.3 is 6.09 Å². The highest BCUT2D eigenvalue weighted by atomic mass is 16.4.